The maximum atomic E-state index is 5.84. The van der Waals surface area contributed by atoms with Gasteiger partial charge < -0.3 is 9.64 Å². The highest BCUT2D eigenvalue weighted by Gasteiger charge is 2.16. The molecule has 22 heavy (non-hydrogen) atoms. The van der Waals surface area contributed by atoms with Crippen molar-refractivity contribution in [3.8, 4) is 5.75 Å². The van der Waals surface area contributed by atoms with E-state index in [0.717, 1.165) is 25.4 Å². The molecule has 1 fully saturated rings. The lowest BCUT2D eigenvalue weighted by molar-refractivity contribution is 0.253. The van der Waals surface area contributed by atoms with E-state index in [9.17, 15) is 0 Å². The van der Waals surface area contributed by atoms with E-state index in [4.69, 9.17) is 4.74 Å². The van der Waals surface area contributed by atoms with Crippen LogP contribution < -0.4 is 9.64 Å². The first-order valence-corrected chi connectivity index (χ1v) is 8.93. The highest BCUT2D eigenvalue weighted by atomic mass is 16.5. The third-order valence-corrected chi connectivity index (χ3v) is 4.63. The van der Waals surface area contributed by atoms with Gasteiger partial charge in [-0.05, 0) is 43.1 Å². The van der Waals surface area contributed by atoms with Gasteiger partial charge in [0.1, 0.15) is 5.75 Å². The summed E-state index contributed by atoms with van der Waals surface area (Å²) in [5.74, 6) is 1.61. The number of hydrogen-bond donors (Lipinski definition) is 0. The van der Waals surface area contributed by atoms with Crippen molar-refractivity contribution in [3.63, 3.8) is 0 Å². The molecule has 1 aliphatic heterocycles. The Hall–Kier alpha value is -1.22. The maximum Gasteiger partial charge on any atom is 0.119 e. The van der Waals surface area contributed by atoms with E-state index in [0.29, 0.717) is 5.92 Å². The van der Waals surface area contributed by atoms with Gasteiger partial charge in [-0.25, -0.2) is 0 Å². The Morgan fingerprint density at radius 2 is 1.73 bits per heavy atom. The minimum absolute atomic E-state index is 0.621. The van der Waals surface area contributed by atoms with E-state index in [1.807, 2.05) is 0 Å². The highest BCUT2D eigenvalue weighted by molar-refractivity contribution is 5.49. The SMILES string of the molecule is CCCCN1CCN(c2ccc(OC[C@@H](C)CC)cc2)CC1. The number of unbranched alkanes of at least 4 members (excludes halogenated alkanes) is 1. The maximum absolute atomic E-state index is 5.84. The summed E-state index contributed by atoms with van der Waals surface area (Å²) in [7, 11) is 0. The Morgan fingerprint density at radius 3 is 2.32 bits per heavy atom. The zero-order chi connectivity index (χ0) is 15.8. The summed E-state index contributed by atoms with van der Waals surface area (Å²) in [5, 5.41) is 0. The van der Waals surface area contributed by atoms with Crippen LogP contribution in [0.1, 0.15) is 40.0 Å². The van der Waals surface area contributed by atoms with Crippen molar-refractivity contribution >= 4 is 5.69 Å². The number of benzene rings is 1. The number of rotatable bonds is 8. The van der Waals surface area contributed by atoms with E-state index < -0.39 is 0 Å². The normalized spacial score (nSPS) is 17.5. The Balaban J connectivity index is 1.79. The molecule has 0 bridgehead atoms. The predicted octanol–water partition coefficient (Wildman–Crippen LogP) is 4.03. The lowest BCUT2D eigenvalue weighted by Gasteiger charge is -2.36. The van der Waals surface area contributed by atoms with Crippen LogP contribution in [0.25, 0.3) is 0 Å². The molecule has 2 rings (SSSR count). The molecule has 3 nitrogen and oxygen atoms in total. The van der Waals surface area contributed by atoms with E-state index >= 15 is 0 Å². The molecule has 0 spiro atoms. The fourth-order valence-corrected chi connectivity index (χ4v) is 2.72. The van der Waals surface area contributed by atoms with E-state index in [1.54, 1.807) is 0 Å². The highest BCUT2D eigenvalue weighted by Crippen LogP contribution is 2.21. The van der Waals surface area contributed by atoms with Crippen LogP contribution in [0, 0.1) is 5.92 Å². The molecule has 0 radical (unpaired) electrons. The van der Waals surface area contributed by atoms with Crippen LogP contribution in [0.2, 0.25) is 0 Å². The largest absolute Gasteiger partial charge is 0.493 e. The van der Waals surface area contributed by atoms with Crippen molar-refractivity contribution in [2.45, 2.75) is 40.0 Å². The third-order valence-electron chi connectivity index (χ3n) is 4.63. The zero-order valence-corrected chi connectivity index (χ0v) is 14.6. The van der Waals surface area contributed by atoms with Crippen LogP contribution in [0.15, 0.2) is 24.3 Å². The van der Waals surface area contributed by atoms with Gasteiger partial charge >= 0.3 is 0 Å². The average Bonchev–Trinajstić information content (AvgIpc) is 2.58. The smallest absolute Gasteiger partial charge is 0.119 e. The summed E-state index contributed by atoms with van der Waals surface area (Å²) in [6, 6.07) is 8.63. The van der Waals surface area contributed by atoms with Crippen LogP contribution in [-0.4, -0.2) is 44.2 Å². The Morgan fingerprint density at radius 1 is 1.05 bits per heavy atom. The van der Waals surface area contributed by atoms with E-state index in [-0.39, 0.29) is 0 Å². The van der Waals surface area contributed by atoms with Gasteiger partial charge in [-0.15, -0.1) is 0 Å². The molecule has 0 amide bonds. The first-order valence-electron chi connectivity index (χ1n) is 8.93. The molecular weight excluding hydrogens is 272 g/mol. The fourth-order valence-electron chi connectivity index (χ4n) is 2.72. The lowest BCUT2D eigenvalue weighted by Crippen LogP contribution is -2.46. The number of piperazine rings is 1. The van der Waals surface area contributed by atoms with Gasteiger partial charge in [0.25, 0.3) is 0 Å². The quantitative estimate of drug-likeness (QED) is 0.721. The second kappa shape index (κ2) is 9.04. The van der Waals surface area contributed by atoms with Crippen molar-refractivity contribution in [2.75, 3.05) is 44.2 Å². The van der Waals surface area contributed by atoms with Crippen molar-refractivity contribution in [1.82, 2.24) is 4.90 Å². The Bertz CT molecular complexity index is 410. The Labute approximate surface area is 136 Å². The summed E-state index contributed by atoms with van der Waals surface area (Å²) < 4.78 is 5.84. The third kappa shape index (κ3) is 5.20. The summed E-state index contributed by atoms with van der Waals surface area (Å²) >= 11 is 0. The van der Waals surface area contributed by atoms with E-state index in [1.165, 1.54) is 44.6 Å². The van der Waals surface area contributed by atoms with Gasteiger partial charge in [0.05, 0.1) is 6.61 Å². The fraction of sp³-hybridized carbons (Fsp3) is 0.684. The van der Waals surface area contributed by atoms with E-state index in [2.05, 4.69) is 54.8 Å². The molecule has 0 saturated carbocycles. The van der Waals surface area contributed by atoms with Crippen molar-refractivity contribution < 1.29 is 4.74 Å². The first kappa shape index (κ1) is 17.1. The average molecular weight is 304 g/mol. The molecule has 1 heterocycles. The minimum Gasteiger partial charge on any atom is -0.493 e. The van der Waals surface area contributed by atoms with Gasteiger partial charge in [0.15, 0.2) is 0 Å². The molecular formula is C19H32N2O. The van der Waals surface area contributed by atoms with Crippen LogP contribution >= 0.6 is 0 Å². The molecule has 0 aliphatic carbocycles. The molecule has 0 unspecified atom stereocenters. The number of nitrogens with zero attached hydrogens (tertiary/aromatic N) is 2. The molecule has 1 saturated heterocycles. The Kier molecular flexibility index (Phi) is 7.04. The van der Waals surface area contributed by atoms with Gasteiger partial charge in [-0.3, -0.25) is 4.90 Å². The molecule has 1 aromatic rings. The van der Waals surface area contributed by atoms with Gasteiger partial charge in [0.2, 0.25) is 0 Å². The standard InChI is InChI=1S/C19H32N2O/c1-4-6-11-20-12-14-21(15-13-20)18-7-9-19(10-8-18)22-16-17(3)5-2/h7-10,17H,4-6,11-16H2,1-3H3/t17-/m0/s1. The van der Waals surface area contributed by atoms with Crippen LogP contribution in [0.4, 0.5) is 5.69 Å². The van der Waals surface area contributed by atoms with Gasteiger partial charge in [0, 0.05) is 31.9 Å². The zero-order valence-electron chi connectivity index (χ0n) is 14.6. The summed E-state index contributed by atoms with van der Waals surface area (Å²) in [6.45, 7) is 13.4. The van der Waals surface area contributed by atoms with Crippen molar-refractivity contribution in [1.29, 1.82) is 0 Å². The summed E-state index contributed by atoms with van der Waals surface area (Å²) in [6.07, 6.45) is 3.78. The van der Waals surface area contributed by atoms with Crippen LogP contribution in [0.5, 0.6) is 5.75 Å². The first-order chi connectivity index (χ1) is 10.7. The number of hydrogen-bond acceptors (Lipinski definition) is 3. The predicted molar refractivity (Wildman–Crippen MR) is 95.0 cm³/mol. The second-order valence-electron chi connectivity index (χ2n) is 6.50. The topological polar surface area (TPSA) is 15.7 Å². The molecule has 0 aromatic heterocycles. The molecule has 1 atom stereocenters. The monoisotopic (exact) mass is 304 g/mol. The summed E-state index contributed by atoms with van der Waals surface area (Å²) in [5.41, 5.74) is 1.33. The van der Waals surface area contributed by atoms with Crippen molar-refractivity contribution in [3.05, 3.63) is 24.3 Å². The van der Waals surface area contributed by atoms with Crippen LogP contribution in [0.3, 0.4) is 0 Å². The number of ether oxygens (including phenoxy) is 1. The van der Waals surface area contributed by atoms with Crippen LogP contribution in [-0.2, 0) is 0 Å². The van der Waals surface area contributed by atoms with Crippen molar-refractivity contribution in [2.24, 2.45) is 5.92 Å². The molecule has 1 aliphatic rings. The van der Waals surface area contributed by atoms with Gasteiger partial charge in [-0.2, -0.15) is 0 Å². The van der Waals surface area contributed by atoms with Gasteiger partial charge in [-0.1, -0.05) is 33.6 Å². The minimum atomic E-state index is 0.621. The summed E-state index contributed by atoms with van der Waals surface area (Å²) in [4.78, 5) is 5.07. The molecule has 0 N–H and O–H groups in total. The number of anilines is 1. The molecule has 3 heteroatoms. The molecule has 1 aromatic carbocycles. The molecule has 124 valence electrons. The second-order valence-corrected chi connectivity index (χ2v) is 6.50. The lowest BCUT2D eigenvalue weighted by atomic mass is 10.1.